The average Bonchev–Trinajstić information content (AvgIpc) is 3.34. The van der Waals surface area contributed by atoms with Crippen LogP contribution in [0.15, 0.2) is 34.1 Å². The summed E-state index contributed by atoms with van der Waals surface area (Å²) in [6.07, 6.45) is 5.23. The minimum Gasteiger partial charge on any atom is -0.371 e. The third kappa shape index (κ3) is 3.24. The SMILES string of the molecule is CCc1noc2ncc(S(=O)(=O)N3CCO[C@@H](c4cnn(CC)c4)C3)cc12. The molecule has 9 nitrogen and oxygen atoms in total. The maximum absolute atomic E-state index is 13.1. The Kier molecular flexibility index (Phi) is 4.70. The van der Waals surface area contributed by atoms with Gasteiger partial charge in [0.25, 0.3) is 5.71 Å². The van der Waals surface area contributed by atoms with Gasteiger partial charge in [-0.3, -0.25) is 4.68 Å². The molecule has 0 radical (unpaired) electrons. The highest BCUT2D eigenvalue weighted by atomic mass is 32.2. The van der Waals surface area contributed by atoms with Crippen LogP contribution < -0.4 is 0 Å². The Labute approximate surface area is 157 Å². The molecule has 0 aliphatic carbocycles. The second kappa shape index (κ2) is 7.02. The molecule has 0 spiro atoms. The molecular weight excluding hydrogens is 370 g/mol. The van der Waals surface area contributed by atoms with Crippen molar-refractivity contribution in [3.8, 4) is 0 Å². The summed E-state index contributed by atoms with van der Waals surface area (Å²) in [4.78, 5) is 4.26. The molecule has 1 aliphatic heterocycles. The van der Waals surface area contributed by atoms with E-state index in [9.17, 15) is 8.42 Å². The van der Waals surface area contributed by atoms with Gasteiger partial charge >= 0.3 is 0 Å². The molecule has 3 aromatic heterocycles. The topological polar surface area (TPSA) is 103 Å². The summed E-state index contributed by atoms with van der Waals surface area (Å²) >= 11 is 0. The minimum atomic E-state index is -3.70. The Morgan fingerprint density at radius 2 is 2.15 bits per heavy atom. The van der Waals surface area contributed by atoms with Crippen molar-refractivity contribution in [2.45, 2.75) is 37.8 Å². The molecule has 0 aromatic carbocycles. The van der Waals surface area contributed by atoms with E-state index in [2.05, 4.69) is 15.2 Å². The first kappa shape index (κ1) is 18.1. The summed E-state index contributed by atoms with van der Waals surface area (Å²) in [7, 11) is -3.70. The maximum atomic E-state index is 13.1. The third-order valence-electron chi connectivity index (χ3n) is 4.73. The quantitative estimate of drug-likeness (QED) is 0.653. The standard InChI is InChI=1S/C17H21N5O4S/c1-3-15-14-7-13(9-18-17(14)26-20-15)27(23,24)22-5-6-25-16(11-22)12-8-19-21(4-2)10-12/h7-10,16H,3-6,11H2,1-2H3/t16-/m1/s1. The van der Waals surface area contributed by atoms with Crippen molar-refractivity contribution >= 4 is 21.1 Å². The Morgan fingerprint density at radius 3 is 2.89 bits per heavy atom. The van der Waals surface area contributed by atoms with Crippen LogP contribution in [0, 0.1) is 0 Å². The van der Waals surface area contributed by atoms with Gasteiger partial charge in [-0.05, 0) is 19.4 Å². The molecule has 3 aromatic rings. The Hall–Kier alpha value is -2.30. The molecule has 0 unspecified atom stereocenters. The van der Waals surface area contributed by atoms with Gasteiger partial charge in [0.1, 0.15) is 4.90 Å². The van der Waals surface area contributed by atoms with Crippen molar-refractivity contribution in [1.82, 2.24) is 24.2 Å². The summed E-state index contributed by atoms with van der Waals surface area (Å²) in [5.41, 5.74) is 1.91. The van der Waals surface area contributed by atoms with E-state index in [0.717, 1.165) is 12.1 Å². The van der Waals surface area contributed by atoms with Crippen LogP contribution in [0.25, 0.3) is 11.1 Å². The number of ether oxygens (including phenoxy) is 1. The molecule has 1 saturated heterocycles. The summed E-state index contributed by atoms with van der Waals surface area (Å²) in [5.74, 6) is 0. The van der Waals surface area contributed by atoms with Crippen LogP contribution in [0.3, 0.4) is 0 Å². The largest absolute Gasteiger partial charge is 0.371 e. The summed E-state index contributed by atoms with van der Waals surface area (Å²) in [6, 6.07) is 1.59. The van der Waals surface area contributed by atoms with Crippen molar-refractivity contribution in [3.05, 3.63) is 35.9 Å². The predicted octanol–water partition coefficient (Wildman–Crippen LogP) is 1.76. The number of nitrogens with zero attached hydrogens (tertiary/aromatic N) is 5. The van der Waals surface area contributed by atoms with Crippen molar-refractivity contribution in [3.63, 3.8) is 0 Å². The number of hydrogen-bond acceptors (Lipinski definition) is 7. The minimum absolute atomic E-state index is 0.137. The summed E-state index contributed by atoms with van der Waals surface area (Å²) in [6.45, 7) is 5.53. The van der Waals surface area contributed by atoms with Gasteiger partial charge in [0.05, 0.1) is 36.2 Å². The van der Waals surface area contributed by atoms with E-state index in [1.807, 2.05) is 20.0 Å². The number of pyridine rings is 1. The third-order valence-corrected chi connectivity index (χ3v) is 6.56. The molecule has 0 N–H and O–H groups in total. The lowest BCUT2D eigenvalue weighted by molar-refractivity contribution is -0.00260. The van der Waals surface area contributed by atoms with Gasteiger partial charge in [-0.1, -0.05) is 12.1 Å². The van der Waals surface area contributed by atoms with Gasteiger partial charge in [0.2, 0.25) is 10.0 Å². The molecule has 0 amide bonds. The summed E-state index contributed by atoms with van der Waals surface area (Å²) in [5, 5.41) is 8.81. The van der Waals surface area contributed by atoms with Crippen molar-refractivity contribution < 1.29 is 17.7 Å². The first-order chi connectivity index (χ1) is 13.0. The highest BCUT2D eigenvalue weighted by molar-refractivity contribution is 7.89. The Morgan fingerprint density at radius 1 is 1.30 bits per heavy atom. The van der Waals surface area contributed by atoms with Crippen molar-refractivity contribution in [2.75, 3.05) is 19.7 Å². The van der Waals surface area contributed by atoms with Gasteiger partial charge in [-0.25, -0.2) is 13.4 Å². The lowest BCUT2D eigenvalue weighted by Gasteiger charge is -2.31. The Bertz CT molecular complexity index is 1060. The van der Waals surface area contributed by atoms with Gasteiger partial charge in [-0.15, -0.1) is 0 Å². The normalized spacial score (nSPS) is 19.0. The van der Waals surface area contributed by atoms with E-state index >= 15 is 0 Å². The number of hydrogen-bond donors (Lipinski definition) is 0. The van der Waals surface area contributed by atoms with Gasteiger partial charge in [0.15, 0.2) is 0 Å². The molecule has 4 rings (SSSR count). The molecule has 10 heteroatoms. The van der Waals surface area contributed by atoms with E-state index < -0.39 is 10.0 Å². The first-order valence-corrected chi connectivity index (χ1v) is 10.3. The maximum Gasteiger partial charge on any atom is 0.258 e. The van der Waals surface area contributed by atoms with Crippen LogP contribution in [-0.4, -0.2) is 52.3 Å². The van der Waals surface area contributed by atoms with Crippen LogP contribution in [0.2, 0.25) is 0 Å². The second-order valence-corrected chi connectivity index (χ2v) is 8.30. The monoisotopic (exact) mass is 391 g/mol. The lowest BCUT2D eigenvalue weighted by atomic mass is 10.2. The Balaban J connectivity index is 1.62. The molecule has 1 fully saturated rings. The fourth-order valence-electron chi connectivity index (χ4n) is 3.17. The molecule has 4 heterocycles. The van der Waals surface area contributed by atoms with E-state index in [1.54, 1.807) is 16.9 Å². The number of sulfonamides is 1. The average molecular weight is 391 g/mol. The van der Waals surface area contributed by atoms with Crippen LogP contribution in [-0.2, 0) is 27.7 Å². The number of aromatic nitrogens is 4. The highest BCUT2D eigenvalue weighted by Crippen LogP contribution is 2.28. The fraction of sp³-hybridized carbons (Fsp3) is 0.471. The zero-order valence-corrected chi connectivity index (χ0v) is 16.0. The lowest BCUT2D eigenvalue weighted by Crippen LogP contribution is -2.42. The molecular formula is C17H21N5O4S. The van der Waals surface area contributed by atoms with Gasteiger partial charge in [0, 0.05) is 31.4 Å². The van der Waals surface area contributed by atoms with Gasteiger partial charge < -0.3 is 9.26 Å². The second-order valence-electron chi connectivity index (χ2n) is 6.36. The molecule has 144 valence electrons. The number of rotatable bonds is 5. The highest BCUT2D eigenvalue weighted by Gasteiger charge is 2.32. The summed E-state index contributed by atoms with van der Waals surface area (Å²) < 4.78 is 40.4. The number of morpholine rings is 1. The zero-order valence-electron chi connectivity index (χ0n) is 15.2. The molecule has 27 heavy (non-hydrogen) atoms. The van der Waals surface area contributed by atoms with Crippen LogP contribution >= 0.6 is 0 Å². The number of fused-ring (bicyclic) bond motifs is 1. The zero-order chi connectivity index (χ0) is 19.0. The number of aryl methyl sites for hydroxylation is 2. The van der Waals surface area contributed by atoms with E-state index in [1.165, 1.54) is 10.5 Å². The van der Waals surface area contributed by atoms with Crippen LogP contribution in [0.1, 0.15) is 31.2 Å². The molecule has 1 aliphatic rings. The van der Waals surface area contributed by atoms with E-state index in [-0.39, 0.29) is 17.5 Å². The van der Waals surface area contributed by atoms with Crippen molar-refractivity contribution in [2.24, 2.45) is 0 Å². The van der Waals surface area contributed by atoms with Gasteiger partial charge in [-0.2, -0.15) is 9.40 Å². The predicted molar refractivity (Wildman–Crippen MR) is 96.5 cm³/mol. The van der Waals surface area contributed by atoms with E-state index in [0.29, 0.717) is 36.4 Å². The van der Waals surface area contributed by atoms with E-state index in [4.69, 9.17) is 9.26 Å². The van der Waals surface area contributed by atoms with Crippen molar-refractivity contribution in [1.29, 1.82) is 0 Å². The van der Waals surface area contributed by atoms with Crippen LogP contribution in [0.4, 0.5) is 0 Å². The fourth-order valence-corrected chi connectivity index (χ4v) is 4.57. The molecule has 0 bridgehead atoms. The molecule has 0 saturated carbocycles. The first-order valence-electron chi connectivity index (χ1n) is 8.91. The van der Waals surface area contributed by atoms with Crippen LogP contribution in [0.5, 0.6) is 0 Å². The molecule has 1 atom stereocenters. The smallest absolute Gasteiger partial charge is 0.258 e.